The van der Waals surface area contributed by atoms with Crippen LogP contribution in [0.3, 0.4) is 0 Å². The third-order valence-corrected chi connectivity index (χ3v) is 5.53. The molecule has 29 heavy (non-hydrogen) atoms. The number of fused-ring (bicyclic) bond motifs is 2. The number of thiazole rings is 1. The van der Waals surface area contributed by atoms with Crippen LogP contribution >= 0.6 is 11.3 Å². The zero-order valence-electron chi connectivity index (χ0n) is 15.4. The average Bonchev–Trinajstić information content (AvgIpc) is 3.37. The number of aryl methyl sites for hydroxylation is 1. The first-order chi connectivity index (χ1) is 14.1. The topological polar surface area (TPSA) is 92.9 Å². The summed E-state index contributed by atoms with van der Waals surface area (Å²) < 4.78 is 6.48. The number of oxazole rings is 1. The number of hydrogen-bond donors (Lipinski definition) is 2. The fraction of sp³-hybridized carbons (Fsp3) is 0.0952. The van der Waals surface area contributed by atoms with Crippen molar-refractivity contribution in [1.82, 2.24) is 14.5 Å². The number of nitrogens with zero attached hydrogens (tertiary/aromatic N) is 2. The van der Waals surface area contributed by atoms with Crippen molar-refractivity contribution >= 4 is 44.4 Å². The molecule has 0 aliphatic carbocycles. The van der Waals surface area contributed by atoms with Crippen molar-refractivity contribution in [3.63, 3.8) is 0 Å². The maximum absolute atomic E-state index is 12.5. The van der Waals surface area contributed by atoms with Crippen LogP contribution in [0.25, 0.3) is 33.3 Å². The standard InChI is InChI=1S/C21H16N4O3S/c1-12-19(13-6-2-3-7-14(13)22-12)15-11-29-20(23-15)24-18(26)10-25-16-8-4-5-9-17(16)28-21(25)27/h2-9,11,22H,10H2,1H3,(H,23,24,26). The Hall–Kier alpha value is -3.65. The predicted molar refractivity (Wildman–Crippen MR) is 113 cm³/mol. The summed E-state index contributed by atoms with van der Waals surface area (Å²) in [6, 6.07) is 15.0. The van der Waals surface area contributed by atoms with Gasteiger partial charge in [-0.05, 0) is 25.1 Å². The molecule has 0 bridgehead atoms. The van der Waals surface area contributed by atoms with Gasteiger partial charge in [-0.2, -0.15) is 0 Å². The molecule has 2 N–H and O–H groups in total. The van der Waals surface area contributed by atoms with Crippen LogP contribution in [0.1, 0.15) is 5.69 Å². The summed E-state index contributed by atoms with van der Waals surface area (Å²) in [5.41, 5.74) is 4.93. The molecule has 0 unspecified atom stereocenters. The van der Waals surface area contributed by atoms with Gasteiger partial charge in [-0.3, -0.25) is 9.36 Å². The number of rotatable bonds is 4. The van der Waals surface area contributed by atoms with Gasteiger partial charge in [-0.25, -0.2) is 9.78 Å². The quantitative estimate of drug-likeness (QED) is 0.471. The van der Waals surface area contributed by atoms with E-state index in [0.29, 0.717) is 16.2 Å². The lowest BCUT2D eigenvalue weighted by molar-refractivity contribution is -0.116. The van der Waals surface area contributed by atoms with Crippen molar-refractivity contribution in [2.45, 2.75) is 13.5 Å². The van der Waals surface area contributed by atoms with E-state index < -0.39 is 5.76 Å². The van der Waals surface area contributed by atoms with E-state index in [2.05, 4.69) is 15.3 Å². The summed E-state index contributed by atoms with van der Waals surface area (Å²) in [5, 5.41) is 6.26. The number of benzene rings is 2. The van der Waals surface area contributed by atoms with Gasteiger partial charge in [-0.1, -0.05) is 30.3 Å². The van der Waals surface area contributed by atoms with Gasteiger partial charge < -0.3 is 14.7 Å². The number of hydrogen-bond acceptors (Lipinski definition) is 5. The molecule has 1 amide bonds. The van der Waals surface area contributed by atoms with Crippen LogP contribution in [0, 0.1) is 6.92 Å². The number of amides is 1. The molecule has 0 radical (unpaired) electrons. The summed E-state index contributed by atoms with van der Waals surface area (Å²) in [6.45, 7) is 1.86. The van der Waals surface area contributed by atoms with Crippen LogP contribution in [0.15, 0.2) is 63.1 Å². The summed E-state index contributed by atoms with van der Waals surface area (Å²) in [4.78, 5) is 32.5. The largest absolute Gasteiger partial charge is 0.420 e. The molecule has 5 aromatic rings. The number of aromatic amines is 1. The van der Waals surface area contributed by atoms with Crippen LogP contribution in [0.2, 0.25) is 0 Å². The molecule has 0 spiro atoms. The van der Waals surface area contributed by atoms with Gasteiger partial charge in [-0.15, -0.1) is 11.3 Å². The highest BCUT2D eigenvalue weighted by molar-refractivity contribution is 7.14. The van der Waals surface area contributed by atoms with Crippen molar-refractivity contribution in [2.75, 3.05) is 5.32 Å². The zero-order valence-corrected chi connectivity index (χ0v) is 16.2. The summed E-state index contributed by atoms with van der Waals surface area (Å²) in [5.74, 6) is -0.897. The monoisotopic (exact) mass is 404 g/mol. The van der Waals surface area contributed by atoms with Gasteiger partial charge in [0.15, 0.2) is 10.7 Å². The van der Waals surface area contributed by atoms with E-state index in [1.54, 1.807) is 24.3 Å². The summed E-state index contributed by atoms with van der Waals surface area (Å²) >= 11 is 1.35. The Balaban J connectivity index is 1.40. The number of anilines is 1. The van der Waals surface area contributed by atoms with E-state index in [-0.39, 0.29) is 12.5 Å². The smallest absolute Gasteiger partial charge is 0.408 e. The lowest BCUT2D eigenvalue weighted by Crippen LogP contribution is -2.24. The number of carbonyl (C=O) groups is 1. The molecule has 5 rings (SSSR count). The molecule has 3 aromatic heterocycles. The van der Waals surface area contributed by atoms with E-state index in [0.717, 1.165) is 27.9 Å². The lowest BCUT2D eigenvalue weighted by Gasteiger charge is -2.02. The Bertz CT molecular complexity index is 1420. The number of nitrogens with one attached hydrogen (secondary N) is 2. The van der Waals surface area contributed by atoms with Crippen molar-refractivity contribution in [1.29, 1.82) is 0 Å². The summed E-state index contributed by atoms with van der Waals surface area (Å²) in [6.07, 6.45) is 0. The van der Waals surface area contributed by atoms with Gasteiger partial charge in [0.25, 0.3) is 0 Å². The molecule has 8 heteroatoms. The first-order valence-corrected chi connectivity index (χ1v) is 9.89. The first-order valence-electron chi connectivity index (χ1n) is 9.01. The second kappa shape index (κ2) is 6.75. The van der Waals surface area contributed by atoms with E-state index in [1.165, 1.54) is 15.9 Å². The average molecular weight is 404 g/mol. The molecule has 0 saturated carbocycles. The van der Waals surface area contributed by atoms with Crippen LogP contribution in [0.5, 0.6) is 0 Å². The van der Waals surface area contributed by atoms with Crippen LogP contribution in [0.4, 0.5) is 5.13 Å². The fourth-order valence-electron chi connectivity index (χ4n) is 3.52. The highest BCUT2D eigenvalue weighted by Crippen LogP contribution is 2.33. The number of aromatic nitrogens is 3. The second-order valence-electron chi connectivity index (χ2n) is 6.68. The number of carbonyl (C=O) groups excluding carboxylic acids is 1. The number of para-hydroxylation sites is 3. The van der Waals surface area contributed by atoms with Crippen molar-refractivity contribution in [3.8, 4) is 11.3 Å². The van der Waals surface area contributed by atoms with Gasteiger partial charge in [0.2, 0.25) is 5.91 Å². The van der Waals surface area contributed by atoms with E-state index >= 15 is 0 Å². The normalized spacial score (nSPS) is 11.3. The SMILES string of the molecule is Cc1[nH]c2ccccc2c1-c1csc(NC(=O)Cn2c(=O)oc3ccccc32)n1. The molecule has 3 heterocycles. The van der Waals surface area contributed by atoms with Gasteiger partial charge in [0.1, 0.15) is 6.54 Å². The maximum atomic E-state index is 12.5. The van der Waals surface area contributed by atoms with Crippen LogP contribution < -0.4 is 11.1 Å². The molecule has 7 nitrogen and oxygen atoms in total. The zero-order chi connectivity index (χ0) is 20.0. The Morgan fingerprint density at radius 3 is 2.90 bits per heavy atom. The van der Waals surface area contributed by atoms with Crippen molar-refractivity contribution in [3.05, 3.63) is 70.2 Å². The molecule has 2 aromatic carbocycles. The molecule has 0 saturated heterocycles. The number of H-pyrrole nitrogens is 1. The van der Waals surface area contributed by atoms with Gasteiger partial charge >= 0.3 is 5.76 Å². The molecular formula is C21H16N4O3S. The highest BCUT2D eigenvalue weighted by atomic mass is 32.1. The maximum Gasteiger partial charge on any atom is 0.420 e. The molecular weight excluding hydrogens is 388 g/mol. The minimum atomic E-state index is -0.560. The minimum absolute atomic E-state index is 0.142. The molecule has 144 valence electrons. The second-order valence-corrected chi connectivity index (χ2v) is 7.54. The Morgan fingerprint density at radius 1 is 1.21 bits per heavy atom. The van der Waals surface area contributed by atoms with Gasteiger partial charge in [0.05, 0.1) is 11.2 Å². The molecule has 0 atom stereocenters. The fourth-order valence-corrected chi connectivity index (χ4v) is 4.24. The highest BCUT2D eigenvalue weighted by Gasteiger charge is 2.16. The third kappa shape index (κ3) is 3.03. The predicted octanol–water partition coefficient (Wildman–Crippen LogP) is 4.15. The first kappa shape index (κ1) is 17.4. The van der Waals surface area contributed by atoms with E-state index in [1.807, 2.05) is 36.6 Å². The minimum Gasteiger partial charge on any atom is -0.408 e. The summed E-state index contributed by atoms with van der Waals surface area (Å²) in [7, 11) is 0. The van der Waals surface area contributed by atoms with Crippen molar-refractivity contribution < 1.29 is 9.21 Å². The van der Waals surface area contributed by atoms with Gasteiger partial charge in [0, 0.05) is 27.5 Å². The molecule has 0 fully saturated rings. The van der Waals surface area contributed by atoms with E-state index in [4.69, 9.17) is 4.42 Å². The Labute approximate surface area is 168 Å². The van der Waals surface area contributed by atoms with Crippen LogP contribution in [-0.2, 0) is 11.3 Å². The van der Waals surface area contributed by atoms with Crippen LogP contribution in [-0.4, -0.2) is 20.4 Å². The lowest BCUT2D eigenvalue weighted by atomic mass is 10.1. The van der Waals surface area contributed by atoms with E-state index in [9.17, 15) is 9.59 Å². The molecule has 0 aliphatic heterocycles. The Kier molecular flexibility index (Phi) is 4.06. The van der Waals surface area contributed by atoms with Crippen molar-refractivity contribution in [2.24, 2.45) is 0 Å². The Morgan fingerprint density at radius 2 is 2.00 bits per heavy atom. The third-order valence-electron chi connectivity index (χ3n) is 4.78. The molecule has 0 aliphatic rings.